The molecule has 124 valence electrons. The van der Waals surface area contributed by atoms with E-state index in [1.54, 1.807) is 0 Å². The zero-order valence-corrected chi connectivity index (χ0v) is 13.6. The van der Waals surface area contributed by atoms with Gasteiger partial charge in [-0.2, -0.15) is 0 Å². The molecule has 2 aromatic carbocycles. The molecule has 0 spiro atoms. The first kappa shape index (κ1) is 16.4. The molecule has 0 unspecified atom stereocenters. The molecule has 0 saturated carbocycles. The second-order valence-corrected chi connectivity index (χ2v) is 5.67. The summed E-state index contributed by atoms with van der Waals surface area (Å²) in [5.74, 6) is 0.311. The predicted molar refractivity (Wildman–Crippen MR) is 88.5 cm³/mol. The first-order chi connectivity index (χ1) is 11.5. The number of carbonyl (C=O) groups excluding carboxylic acids is 1. The maximum atomic E-state index is 12.4. The summed E-state index contributed by atoms with van der Waals surface area (Å²) in [4.78, 5) is 22.6. The minimum absolute atomic E-state index is 0.0307. The molecule has 0 radical (unpaired) electrons. The number of hydrogen-bond acceptors (Lipinski definition) is 5. The minimum Gasteiger partial charge on any atom is -0.486 e. The van der Waals surface area contributed by atoms with Crippen molar-refractivity contribution in [3.63, 3.8) is 0 Å². The van der Waals surface area contributed by atoms with Crippen molar-refractivity contribution < 1.29 is 19.2 Å². The van der Waals surface area contributed by atoms with Gasteiger partial charge in [0.1, 0.15) is 13.2 Å². The smallest absolute Gasteiger partial charge is 0.270 e. The lowest BCUT2D eigenvalue weighted by atomic mass is 10.1. The molecule has 1 aliphatic rings. The van der Waals surface area contributed by atoms with Crippen LogP contribution in [0.5, 0.6) is 11.5 Å². The van der Waals surface area contributed by atoms with Gasteiger partial charge in [0.25, 0.3) is 11.6 Å². The Morgan fingerprint density at radius 1 is 1.08 bits per heavy atom. The number of hydrogen-bond donors (Lipinski definition) is 1. The Morgan fingerprint density at radius 3 is 2.42 bits per heavy atom. The largest absolute Gasteiger partial charge is 0.486 e. The van der Waals surface area contributed by atoms with Gasteiger partial charge in [-0.3, -0.25) is 14.9 Å². The molecular formula is C15H10Cl2N2O5. The number of carbonyl (C=O) groups is 1. The van der Waals surface area contributed by atoms with Crippen LogP contribution in [0.2, 0.25) is 10.0 Å². The highest BCUT2D eigenvalue weighted by molar-refractivity contribution is 6.36. The molecule has 0 aromatic heterocycles. The number of amides is 1. The van der Waals surface area contributed by atoms with Crippen LogP contribution in [0.1, 0.15) is 10.4 Å². The highest BCUT2D eigenvalue weighted by Gasteiger charge is 2.19. The molecule has 0 bridgehead atoms. The second-order valence-electron chi connectivity index (χ2n) is 4.85. The minimum atomic E-state index is -0.623. The standard InChI is InChI=1S/C15H10Cl2N2O5/c16-10-2-1-8(19(21)22)5-9(10)15(20)18-12-7-14-13(6-11(12)17)23-3-4-24-14/h1-2,5-7H,3-4H2,(H,18,20). The summed E-state index contributed by atoms with van der Waals surface area (Å²) in [6.45, 7) is 0.803. The van der Waals surface area contributed by atoms with Crippen LogP contribution in [0, 0.1) is 10.1 Å². The molecule has 1 N–H and O–H groups in total. The molecule has 1 aliphatic heterocycles. The van der Waals surface area contributed by atoms with Crippen LogP contribution in [0.25, 0.3) is 0 Å². The third-order valence-corrected chi connectivity index (χ3v) is 3.93. The van der Waals surface area contributed by atoms with Crippen LogP contribution in [-0.4, -0.2) is 24.0 Å². The lowest BCUT2D eigenvalue weighted by Gasteiger charge is -2.20. The summed E-state index contributed by atoms with van der Waals surface area (Å²) >= 11 is 12.1. The fourth-order valence-electron chi connectivity index (χ4n) is 2.15. The molecule has 0 fully saturated rings. The zero-order chi connectivity index (χ0) is 17.3. The number of halogens is 2. The monoisotopic (exact) mass is 368 g/mol. The summed E-state index contributed by atoms with van der Waals surface area (Å²) in [6.07, 6.45) is 0. The molecule has 0 aliphatic carbocycles. The van der Waals surface area contributed by atoms with Crippen molar-refractivity contribution >= 4 is 40.5 Å². The fourth-order valence-corrected chi connectivity index (χ4v) is 2.55. The third kappa shape index (κ3) is 3.22. The van der Waals surface area contributed by atoms with Gasteiger partial charge >= 0.3 is 0 Å². The number of fused-ring (bicyclic) bond motifs is 1. The molecular weight excluding hydrogens is 359 g/mol. The number of ether oxygens (including phenoxy) is 2. The molecule has 24 heavy (non-hydrogen) atoms. The Balaban J connectivity index is 1.90. The van der Waals surface area contributed by atoms with E-state index in [0.29, 0.717) is 24.7 Å². The number of non-ortho nitro benzene ring substituents is 1. The SMILES string of the molecule is O=C(Nc1cc2c(cc1Cl)OCCO2)c1cc([N+](=O)[O-])ccc1Cl. The van der Waals surface area contributed by atoms with E-state index in [1.165, 1.54) is 24.3 Å². The highest BCUT2D eigenvalue weighted by atomic mass is 35.5. The quantitative estimate of drug-likeness (QED) is 0.654. The molecule has 3 rings (SSSR count). The average Bonchev–Trinajstić information content (AvgIpc) is 2.55. The van der Waals surface area contributed by atoms with Gasteiger partial charge in [0.15, 0.2) is 11.5 Å². The Kier molecular flexibility index (Phi) is 4.46. The van der Waals surface area contributed by atoms with Crippen LogP contribution in [0.15, 0.2) is 30.3 Å². The van der Waals surface area contributed by atoms with Gasteiger partial charge in [-0.05, 0) is 6.07 Å². The lowest BCUT2D eigenvalue weighted by Crippen LogP contribution is -2.17. The predicted octanol–water partition coefficient (Wildman–Crippen LogP) is 3.93. The highest BCUT2D eigenvalue weighted by Crippen LogP contribution is 2.38. The Labute approximate surface area is 146 Å². The van der Waals surface area contributed by atoms with Crippen molar-refractivity contribution in [3.05, 3.63) is 56.1 Å². The molecule has 0 atom stereocenters. The first-order valence-electron chi connectivity index (χ1n) is 6.80. The Hall–Kier alpha value is -2.51. The molecule has 9 heteroatoms. The fraction of sp³-hybridized carbons (Fsp3) is 0.133. The number of benzene rings is 2. The molecule has 1 heterocycles. The third-order valence-electron chi connectivity index (χ3n) is 3.29. The number of nitrogens with one attached hydrogen (secondary N) is 1. The summed E-state index contributed by atoms with van der Waals surface area (Å²) in [7, 11) is 0. The van der Waals surface area contributed by atoms with Crippen molar-refractivity contribution in [3.8, 4) is 11.5 Å². The summed E-state index contributed by atoms with van der Waals surface area (Å²) < 4.78 is 10.8. The van der Waals surface area contributed by atoms with Gasteiger partial charge in [-0.25, -0.2) is 0 Å². The van der Waals surface area contributed by atoms with E-state index in [2.05, 4.69) is 5.32 Å². The Bertz CT molecular complexity index is 841. The molecule has 0 saturated heterocycles. The van der Waals surface area contributed by atoms with E-state index in [4.69, 9.17) is 32.7 Å². The summed E-state index contributed by atoms with van der Waals surface area (Å²) in [5, 5.41) is 13.7. The van der Waals surface area contributed by atoms with E-state index in [-0.39, 0.29) is 27.0 Å². The second kappa shape index (κ2) is 6.54. The van der Waals surface area contributed by atoms with Crippen molar-refractivity contribution in [2.24, 2.45) is 0 Å². The van der Waals surface area contributed by atoms with Gasteiger partial charge in [0.05, 0.1) is 26.2 Å². The van der Waals surface area contributed by atoms with Crippen LogP contribution >= 0.6 is 23.2 Å². The van der Waals surface area contributed by atoms with E-state index in [9.17, 15) is 14.9 Å². The number of nitrogens with zero attached hydrogens (tertiary/aromatic N) is 1. The van der Waals surface area contributed by atoms with Gasteiger partial charge in [-0.15, -0.1) is 0 Å². The van der Waals surface area contributed by atoms with Gasteiger partial charge < -0.3 is 14.8 Å². The van der Waals surface area contributed by atoms with E-state index in [0.717, 1.165) is 6.07 Å². The van der Waals surface area contributed by atoms with E-state index in [1.807, 2.05) is 0 Å². The number of nitro groups is 1. The Morgan fingerprint density at radius 2 is 1.75 bits per heavy atom. The number of rotatable bonds is 3. The maximum Gasteiger partial charge on any atom is 0.270 e. The normalized spacial score (nSPS) is 12.6. The number of anilines is 1. The average molecular weight is 369 g/mol. The van der Waals surface area contributed by atoms with E-state index >= 15 is 0 Å². The van der Waals surface area contributed by atoms with Crippen LogP contribution in [0.4, 0.5) is 11.4 Å². The lowest BCUT2D eigenvalue weighted by molar-refractivity contribution is -0.384. The van der Waals surface area contributed by atoms with Crippen LogP contribution in [0.3, 0.4) is 0 Å². The van der Waals surface area contributed by atoms with Gasteiger partial charge in [-0.1, -0.05) is 23.2 Å². The zero-order valence-electron chi connectivity index (χ0n) is 12.0. The van der Waals surface area contributed by atoms with Crippen molar-refractivity contribution in [1.29, 1.82) is 0 Å². The summed E-state index contributed by atoms with van der Waals surface area (Å²) in [6, 6.07) is 6.67. The number of nitro benzene ring substituents is 1. The van der Waals surface area contributed by atoms with Gasteiger partial charge in [0, 0.05) is 24.3 Å². The van der Waals surface area contributed by atoms with Crippen molar-refractivity contribution in [2.45, 2.75) is 0 Å². The molecule has 7 nitrogen and oxygen atoms in total. The maximum absolute atomic E-state index is 12.4. The van der Waals surface area contributed by atoms with Crippen LogP contribution in [-0.2, 0) is 0 Å². The van der Waals surface area contributed by atoms with Crippen LogP contribution < -0.4 is 14.8 Å². The van der Waals surface area contributed by atoms with E-state index < -0.39 is 10.8 Å². The molecule has 2 aromatic rings. The molecule has 1 amide bonds. The van der Waals surface area contributed by atoms with Crippen molar-refractivity contribution in [2.75, 3.05) is 18.5 Å². The summed E-state index contributed by atoms with van der Waals surface area (Å²) in [5.41, 5.74) is 0.0168. The topological polar surface area (TPSA) is 90.7 Å². The first-order valence-corrected chi connectivity index (χ1v) is 7.56. The van der Waals surface area contributed by atoms with Gasteiger partial charge in [0.2, 0.25) is 0 Å². The van der Waals surface area contributed by atoms with Crippen molar-refractivity contribution in [1.82, 2.24) is 0 Å².